The van der Waals surface area contributed by atoms with Crippen LogP contribution in [0.4, 0.5) is 0 Å². The van der Waals surface area contributed by atoms with Crippen LogP contribution in [0.25, 0.3) is 0 Å². The van der Waals surface area contributed by atoms with Gasteiger partial charge in [0, 0.05) is 12.1 Å². The fourth-order valence-corrected chi connectivity index (χ4v) is 1.52. The molecule has 0 N–H and O–H groups in total. The Morgan fingerprint density at radius 1 is 1.36 bits per heavy atom. The molecule has 0 saturated heterocycles. The molecule has 4 nitrogen and oxygen atoms in total. The van der Waals surface area contributed by atoms with Crippen molar-refractivity contribution in [2.45, 2.75) is 19.9 Å². The second-order valence-electron chi connectivity index (χ2n) is 3.06. The van der Waals surface area contributed by atoms with Crippen molar-refractivity contribution < 1.29 is 17.5 Å². The third-order valence-corrected chi connectivity index (χ3v) is 2.65. The highest BCUT2D eigenvalue weighted by atomic mass is 32.2. The number of nitrogens with zero attached hydrogens (tertiary/aromatic N) is 1. The van der Waals surface area contributed by atoms with Crippen LogP contribution in [0.2, 0.25) is 0 Å². The van der Waals surface area contributed by atoms with Gasteiger partial charge in [-0.3, -0.25) is 0 Å². The van der Waals surface area contributed by atoms with E-state index in [1.807, 2.05) is 19.1 Å². The first-order valence-corrected chi connectivity index (χ1v) is 6.00. The van der Waals surface area contributed by atoms with Crippen LogP contribution in [0, 0.1) is 0 Å². The Labute approximate surface area is 83.9 Å². The van der Waals surface area contributed by atoms with Crippen molar-refractivity contribution in [3.63, 3.8) is 0 Å². The number of aryl methyl sites for hydroxylation is 2. The van der Waals surface area contributed by atoms with Gasteiger partial charge in [-0.2, -0.15) is 0 Å². The molecule has 5 heteroatoms. The van der Waals surface area contributed by atoms with Crippen LogP contribution in [0.5, 0.6) is 0 Å². The Balaban J connectivity index is 2.61. The first-order valence-electron chi connectivity index (χ1n) is 4.43. The first kappa shape index (κ1) is 11.1. The summed E-state index contributed by atoms with van der Waals surface area (Å²) in [5.74, 6) is -0.358. The topological polar surface area (TPSA) is 61.1 Å². The van der Waals surface area contributed by atoms with E-state index >= 15 is 0 Å². The van der Waals surface area contributed by atoms with E-state index < -0.39 is 10.1 Å². The van der Waals surface area contributed by atoms with Crippen molar-refractivity contribution in [3.8, 4) is 0 Å². The summed E-state index contributed by atoms with van der Waals surface area (Å²) in [5.41, 5.74) is 1.19. The maximum absolute atomic E-state index is 10.4. The molecule has 1 heterocycles. The fourth-order valence-electron chi connectivity index (χ4n) is 1.09. The van der Waals surface area contributed by atoms with E-state index in [1.165, 1.54) is 5.56 Å². The van der Waals surface area contributed by atoms with Crippen molar-refractivity contribution in [3.05, 3.63) is 30.1 Å². The van der Waals surface area contributed by atoms with Gasteiger partial charge >= 0.3 is 0 Å². The van der Waals surface area contributed by atoms with Crippen molar-refractivity contribution >= 4 is 10.1 Å². The predicted molar refractivity (Wildman–Crippen MR) is 50.6 cm³/mol. The van der Waals surface area contributed by atoms with Gasteiger partial charge in [-0.05, 0) is 12.0 Å². The summed E-state index contributed by atoms with van der Waals surface area (Å²) in [6.45, 7) is 2.26. The van der Waals surface area contributed by atoms with Gasteiger partial charge in [0.1, 0.15) is 10.1 Å². The van der Waals surface area contributed by atoms with Crippen LogP contribution >= 0.6 is 0 Å². The zero-order chi connectivity index (χ0) is 10.6. The Hall–Kier alpha value is -0.940. The van der Waals surface area contributed by atoms with Gasteiger partial charge in [-0.25, -0.2) is 13.0 Å². The second kappa shape index (κ2) is 4.52. The maximum atomic E-state index is 10.4. The predicted octanol–water partition coefficient (Wildman–Crippen LogP) is 0.0817. The zero-order valence-corrected chi connectivity index (χ0v) is 8.83. The van der Waals surface area contributed by atoms with E-state index in [0.717, 1.165) is 6.42 Å². The lowest BCUT2D eigenvalue weighted by molar-refractivity contribution is -0.692. The molecule has 78 valence electrons. The minimum absolute atomic E-state index is 0.218. The molecule has 1 aromatic heterocycles. The molecular formula is C9H13NO3S. The highest BCUT2D eigenvalue weighted by molar-refractivity contribution is 7.85. The minimum Gasteiger partial charge on any atom is -0.748 e. The van der Waals surface area contributed by atoms with E-state index in [9.17, 15) is 13.0 Å². The fraction of sp³-hybridized carbons (Fsp3) is 0.444. The molecule has 0 fully saturated rings. The monoisotopic (exact) mass is 215 g/mol. The van der Waals surface area contributed by atoms with Crippen LogP contribution in [0.3, 0.4) is 0 Å². The largest absolute Gasteiger partial charge is 0.748 e. The molecule has 0 bridgehead atoms. The number of aromatic nitrogens is 1. The molecule has 14 heavy (non-hydrogen) atoms. The van der Waals surface area contributed by atoms with Crippen LogP contribution in [0.15, 0.2) is 24.5 Å². The summed E-state index contributed by atoms with van der Waals surface area (Å²) in [7, 11) is -4.11. The van der Waals surface area contributed by atoms with E-state index in [-0.39, 0.29) is 12.3 Å². The van der Waals surface area contributed by atoms with Crippen LogP contribution in [-0.2, 0) is 23.1 Å². The van der Waals surface area contributed by atoms with Crippen LogP contribution in [0.1, 0.15) is 12.5 Å². The highest BCUT2D eigenvalue weighted by Crippen LogP contribution is 1.94. The molecule has 0 aliphatic heterocycles. The molecule has 1 aromatic rings. The Bertz CT molecular complexity index is 383. The normalized spacial score (nSPS) is 11.6. The SMILES string of the molecule is CCc1cc[n+](CCS(=O)(=O)[O-])cc1. The first-order chi connectivity index (χ1) is 6.51. The smallest absolute Gasteiger partial charge is 0.169 e. The van der Waals surface area contributed by atoms with Gasteiger partial charge in [0.2, 0.25) is 0 Å². The van der Waals surface area contributed by atoms with Crippen molar-refractivity contribution in [1.29, 1.82) is 0 Å². The van der Waals surface area contributed by atoms with Gasteiger partial charge in [-0.15, -0.1) is 0 Å². The molecule has 0 saturated carbocycles. The summed E-state index contributed by atoms with van der Waals surface area (Å²) in [5, 5.41) is 0. The summed E-state index contributed by atoms with van der Waals surface area (Å²) in [4.78, 5) is 0. The second-order valence-corrected chi connectivity index (χ2v) is 4.58. The third-order valence-electron chi connectivity index (χ3n) is 1.97. The molecule has 0 aromatic carbocycles. The average molecular weight is 215 g/mol. The lowest BCUT2D eigenvalue weighted by Gasteiger charge is -2.03. The number of pyridine rings is 1. The van der Waals surface area contributed by atoms with E-state index in [1.54, 1.807) is 17.0 Å². The zero-order valence-electron chi connectivity index (χ0n) is 8.01. The Kier molecular flexibility index (Phi) is 3.60. The number of hydrogen-bond acceptors (Lipinski definition) is 3. The average Bonchev–Trinajstić information content (AvgIpc) is 2.14. The van der Waals surface area contributed by atoms with Crippen molar-refractivity contribution in [2.24, 2.45) is 0 Å². The third kappa shape index (κ3) is 3.85. The van der Waals surface area contributed by atoms with Gasteiger partial charge in [-0.1, -0.05) is 6.92 Å². The maximum Gasteiger partial charge on any atom is 0.169 e. The Morgan fingerprint density at radius 3 is 2.36 bits per heavy atom. The van der Waals surface area contributed by atoms with Crippen molar-refractivity contribution in [1.82, 2.24) is 0 Å². The quantitative estimate of drug-likeness (QED) is 0.528. The number of rotatable bonds is 4. The van der Waals surface area contributed by atoms with Gasteiger partial charge in [0.05, 0.1) is 5.75 Å². The summed E-state index contributed by atoms with van der Waals surface area (Å²) >= 11 is 0. The van der Waals surface area contributed by atoms with E-state index in [2.05, 4.69) is 0 Å². The highest BCUT2D eigenvalue weighted by Gasteiger charge is 2.03. The molecular weight excluding hydrogens is 202 g/mol. The molecule has 0 spiro atoms. The Morgan fingerprint density at radius 2 is 1.93 bits per heavy atom. The molecule has 0 atom stereocenters. The van der Waals surface area contributed by atoms with Gasteiger partial charge in [0.25, 0.3) is 0 Å². The summed E-state index contributed by atoms with van der Waals surface area (Å²) < 4.78 is 32.8. The molecule has 0 amide bonds. The summed E-state index contributed by atoms with van der Waals surface area (Å²) in [6, 6.07) is 3.83. The van der Waals surface area contributed by atoms with Crippen LogP contribution in [-0.4, -0.2) is 18.7 Å². The van der Waals surface area contributed by atoms with E-state index in [0.29, 0.717) is 0 Å². The van der Waals surface area contributed by atoms with Gasteiger partial charge in [0.15, 0.2) is 18.9 Å². The number of hydrogen-bond donors (Lipinski definition) is 0. The molecule has 0 unspecified atom stereocenters. The van der Waals surface area contributed by atoms with Gasteiger partial charge < -0.3 is 4.55 Å². The molecule has 1 rings (SSSR count). The lowest BCUT2D eigenvalue weighted by atomic mass is 10.2. The van der Waals surface area contributed by atoms with E-state index in [4.69, 9.17) is 0 Å². The van der Waals surface area contributed by atoms with Crippen molar-refractivity contribution in [2.75, 3.05) is 5.75 Å². The lowest BCUT2D eigenvalue weighted by Crippen LogP contribution is -2.36. The standard InChI is InChI=1S/C9H13NO3S/c1-2-9-3-5-10(6-4-9)7-8-14(11,12)13/h3-6H,2,7-8H2,1H3. The van der Waals surface area contributed by atoms with Crippen LogP contribution < -0.4 is 4.57 Å². The molecule has 0 aliphatic rings. The minimum atomic E-state index is -4.11. The molecule has 0 aliphatic carbocycles. The molecule has 0 radical (unpaired) electrons. The summed E-state index contributed by atoms with van der Waals surface area (Å²) in [6.07, 6.45) is 4.51.